The number of allylic oxidation sites excluding steroid dienone is 1. The molecule has 0 aromatic rings. The Morgan fingerprint density at radius 3 is 2.88 bits per heavy atom. The third-order valence-corrected chi connectivity index (χ3v) is 6.55. The van der Waals surface area contributed by atoms with Crippen molar-refractivity contribution in [3.63, 3.8) is 0 Å². The standard InChI is InChI=1S/C16H20N4O4S/c17-11-14(22)20-12(16(23)24)9(7-25-15(11)20)5-8-2-4-19(13(8)21)10-1-3-18-6-10/h5,10-11,15,18H,1-4,6-7,17H2,(H,23,24). The number of β-lactam (4-membered cyclic amide) rings is 1. The molecule has 0 spiro atoms. The van der Waals surface area contributed by atoms with E-state index in [-0.39, 0.29) is 28.9 Å². The third-order valence-electron chi connectivity index (χ3n) is 5.22. The van der Waals surface area contributed by atoms with Gasteiger partial charge < -0.3 is 21.1 Å². The zero-order chi connectivity index (χ0) is 17.7. The van der Waals surface area contributed by atoms with E-state index in [0.29, 0.717) is 29.9 Å². The fourth-order valence-electron chi connectivity index (χ4n) is 3.88. The molecule has 134 valence electrons. The van der Waals surface area contributed by atoms with Crippen molar-refractivity contribution in [2.75, 3.05) is 25.4 Å². The molecule has 2 amide bonds. The number of nitrogens with zero attached hydrogens (tertiary/aromatic N) is 2. The number of carbonyl (C=O) groups excluding carboxylic acids is 2. The van der Waals surface area contributed by atoms with Gasteiger partial charge in [0.1, 0.15) is 17.1 Å². The number of carboxylic acid groups (broad SMARTS) is 1. The number of aliphatic carboxylic acids is 1. The van der Waals surface area contributed by atoms with Gasteiger partial charge in [0.05, 0.1) is 0 Å². The van der Waals surface area contributed by atoms with Crippen molar-refractivity contribution in [1.82, 2.24) is 15.1 Å². The van der Waals surface area contributed by atoms with E-state index in [1.54, 1.807) is 6.08 Å². The molecule has 4 rings (SSSR count). The van der Waals surface area contributed by atoms with Crippen LogP contribution in [0.4, 0.5) is 0 Å². The monoisotopic (exact) mass is 364 g/mol. The van der Waals surface area contributed by atoms with Gasteiger partial charge in [0.2, 0.25) is 11.8 Å². The first-order valence-electron chi connectivity index (χ1n) is 8.38. The van der Waals surface area contributed by atoms with Gasteiger partial charge in [-0.3, -0.25) is 14.5 Å². The van der Waals surface area contributed by atoms with E-state index in [0.717, 1.165) is 19.5 Å². The van der Waals surface area contributed by atoms with Crippen LogP contribution in [0.1, 0.15) is 12.8 Å². The summed E-state index contributed by atoms with van der Waals surface area (Å²) in [4.78, 5) is 39.5. The van der Waals surface area contributed by atoms with E-state index in [4.69, 9.17) is 5.73 Å². The minimum absolute atomic E-state index is 0.0234. The predicted octanol–water partition coefficient (Wildman–Crippen LogP) is -0.912. The van der Waals surface area contributed by atoms with Crippen LogP contribution in [-0.2, 0) is 14.4 Å². The summed E-state index contributed by atoms with van der Waals surface area (Å²) in [5.41, 5.74) is 6.86. The van der Waals surface area contributed by atoms with Crippen molar-refractivity contribution in [2.45, 2.75) is 30.3 Å². The molecule has 25 heavy (non-hydrogen) atoms. The molecule has 3 unspecified atom stereocenters. The summed E-state index contributed by atoms with van der Waals surface area (Å²) in [6.07, 6.45) is 3.22. The molecule has 4 N–H and O–H groups in total. The molecule has 3 fully saturated rings. The summed E-state index contributed by atoms with van der Waals surface area (Å²) >= 11 is 1.44. The van der Waals surface area contributed by atoms with Crippen molar-refractivity contribution >= 4 is 29.5 Å². The maximum Gasteiger partial charge on any atom is 0.352 e. The first-order valence-corrected chi connectivity index (χ1v) is 9.43. The smallest absolute Gasteiger partial charge is 0.352 e. The SMILES string of the molecule is NC1C(=O)N2C(C(=O)O)=C(C=C3CCN(C4CCNC4)C3=O)CSC12. The number of carboxylic acids is 1. The largest absolute Gasteiger partial charge is 0.477 e. The highest BCUT2D eigenvalue weighted by molar-refractivity contribution is 8.00. The van der Waals surface area contributed by atoms with Gasteiger partial charge in [-0.2, -0.15) is 0 Å². The lowest BCUT2D eigenvalue weighted by Gasteiger charge is -2.47. The number of thioether (sulfide) groups is 1. The van der Waals surface area contributed by atoms with Crippen LogP contribution in [0.5, 0.6) is 0 Å². The molecule has 0 radical (unpaired) electrons. The molecule has 4 heterocycles. The van der Waals surface area contributed by atoms with Crippen LogP contribution in [0.2, 0.25) is 0 Å². The Kier molecular flexibility index (Phi) is 4.09. The first kappa shape index (κ1) is 16.6. The highest BCUT2D eigenvalue weighted by Gasteiger charge is 2.51. The minimum Gasteiger partial charge on any atom is -0.477 e. The number of nitrogens with one attached hydrogen (secondary N) is 1. The Bertz CT molecular complexity index is 713. The zero-order valence-corrected chi connectivity index (χ0v) is 14.4. The van der Waals surface area contributed by atoms with Crippen molar-refractivity contribution in [1.29, 1.82) is 0 Å². The number of amides is 2. The van der Waals surface area contributed by atoms with E-state index in [9.17, 15) is 19.5 Å². The van der Waals surface area contributed by atoms with Crippen molar-refractivity contribution in [2.24, 2.45) is 5.73 Å². The normalized spacial score (nSPS) is 34.0. The Morgan fingerprint density at radius 2 is 2.20 bits per heavy atom. The van der Waals surface area contributed by atoms with E-state index < -0.39 is 12.0 Å². The van der Waals surface area contributed by atoms with Gasteiger partial charge in [0.25, 0.3) is 0 Å². The van der Waals surface area contributed by atoms with Crippen LogP contribution in [0.15, 0.2) is 22.9 Å². The Balaban J connectivity index is 1.62. The molecule has 0 aromatic heterocycles. The van der Waals surface area contributed by atoms with Crippen molar-refractivity contribution in [3.8, 4) is 0 Å². The summed E-state index contributed by atoms with van der Waals surface area (Å²) in [6.45, 7) is 2.38. The summed E-state index contributed by atoms with van der Waals surface area (Å²) in [5.74, 6) is -1.11. The van der Waals surface area contributed by atoms with E-state index in [1.165, 1.54) is 16.7 Å². The molecule has 8 nitrogen and oxygen atoms in total. The highest BCUT2D eigenvalue weighted by atomic mass is 32.2. The Morgan fingerprint density at radius 1 is 1.40 bits per heavy atom. The molecular weight excluding hydrogens is 344 g/mol. The van der Waals surface area contributed by atoms with Gasteiger partial charge in [-0.25, -0.2) is 4.79 Å². The number of hydrogen-bond donors (Lipinski definition) is 3. The van der Waals surface area contributed by atoms with Gasteiger partial charge in [0.15, 0.2) is 0 Å². The van der Waals surface area contributed by atoms with Crippen LogP contribution in [0.3, 0.4) is 0 Å². The minimum atomic E-state index is -1.15. The van der Waals surface area contributed by atoms with E-state index in [2.05, 4.69) is 5.32 Å². The molecule has 9 heteroatoms. The molecule has 3 atom stereocenters. The van der Waals surface area contributed by atoms with Gasteiger partial charge in [-0.1, -0.05) is 0 Å². The third kappa shape index (κ3) is 2.57. The Labute approximate surface area is 149 Å². The summed E-state index contributed by atoms with van der Waals surface area (Å²) in [6, 6.07) is -0.432. The molecular formula is C16H20N4O4S. The summed E-state index contributed by atoms with van der Waals surface area (Å²) in [7, 11) is 0. The van der Waals surface area contributed by atoms with Gasteiger partial charge in [-0.05, 0) is 31.0 Å². The van der Waals surface area contributed by atoms with Gasteiger partial charge >= 0.3 is 5.97 Å². The number of hydrogen-bond acceptors (Lipinski definition) is 6. The zero-order valence-electron chi connectivity index (χ0n) is 13.6. The number of carbonyl (C=O) groups is 3. The lowest BCUT2D eigenvalue weighted by atomic mass is 10.0. The van der Waals surface area contributed by atoms with Crippen LogP contribution < -0.4 is 11.1 Å². The van der Waals surface area contributed by atoms with Gasteiger partial charge in [-0.15, -0.1) is 11.8 Å². The lowest BCUT2D eigenvalue weighted by Crippen LogP contribution is -2.68. The average molecular weight is 364 g/mol. The van der Waals surface area contributed by atoms with E-state index >= 15 is 0 Å². The average Bonchev–Trinajstić information content (AvgIpc) is 3.24. The topological polar surface area (TPSA) is 116 Å². The second-order valence-electron chi connectivity index (χ2n) is 6.68. The summed E-state index contributed by atoms with van der Waals surface area (Å²) < 4.78 is 0. The first-order chi connectivity index (χ1) is 12.0. The molecule has 0 bridgehead atoms. The van der Waals surface area contributed by atoms with Crippen LogP contribution in [-0.4, -0.2) is 75.5 Å². The second-order valence-corrected chi connectivity index (χ2v) is 7.78. The molecule has 4 aliphatic heterocycles. The molecule has 3 saturated heterocycles. The summed E-state index contributed by atoms with van der Waals surface area (Å²) in [5, 5.41) is 12.5. The second kappa shape index (κ2) is 6.15. The van der Waals surface area contributed by atoms with Crippen LogP contribution >= 0.6 is 11.8 Å². The van der Waals surface area contributed by atoms with Crippen molar-refractivity contribution in [3.05, 3.63) is 22.9 Å². The molecule has 0 saturated carbocycles. The lowest BCUT2D eigenvalue weighted by molar-refractivity contribution is -0.147. The quantitative estimate of drug-likeness (QED) is 0.438. The number of rotatable bonds is 3. The fourth-order valence-corrected chi connectivity index (χ4v) is 5.14. The Hall–Kier alpha value is -1.84. The molecule has 0 aliphatic carbocycles. The maximum absolute atomic E-state index is 12.7. The fraction of sp³-hybridized carbons (Fsp3) is 0.562. The van der Waals surface area contributed by atoms with Gasteiger partial charge in [0, 0.05) is 30.5 Å². The van der Waals surface area contributed by atoms with E-state index in [1.807, 2.05) is 4.90 Å². The molecule has 0 aromatic carbocycles. The molecule has 4 aliphatic rings. The van der Waals surface area contributed by atoms with Crippen molar-refractivity contribution < 1.29 is 19.5 Å². The highest BCUT2D eigenvalue weighted by Crippen LogP contribution is 2.40. The number of likely N-dealkylation sites (tertiary alicyclic amines) is 1. The number of fused-ring (bicyclic) bond motifs is 1. The number of nitrogens with two attached hydrogens (primary N) is 1. The van der Waals surface area contributed by atoms with Crippen LogP contribution in [0, 0.1) is 0 Å². The van der Waals surface area contributed by atoms with Crippen LogP contribution in [0.25, 0.3) is 0 Å². The maximum atomic E-state index is 12.7. The predicted molar refractivity (Wildman–Crippen MR) is 91.4 cm³/mol.